The van der Waals surface area contributed by atoms with E-state index in [0.29, 0.717) is 22.0 Å². The quantitative estimate of drug-likeness (QED) is 0.106. The Morgan fingerprint density at radius 1 is 0.711 bits per heavy atom. The number of aryl methyl sites for hydroxylation is 1. The molecule has 0 aliphatic heterocycles. The summed E-state index contributed by atoms with van der Waals surface area (Å²) in [6.07, 6.45) is 1.64. The van der Waals surface area contributed by atoms with Crippen molar-refractivity contribution < 1.29 is 14.4 Å². The molecule has 0 radical (unpaired) electrons. The number of thioether (sulfide) groups is 1. The molecule has 5 rings (SSSR count). The Morgan fingerprint density at radius 2 is 1.33 bits per heavy atom. The highest BCUT2D eigenvalue weighted by molar-refractivity contribution is 8.00. The van der Waals surface area contributed by atoms with Gasteiger partial charge in [-0.3, -0.25) is 14.4 Å². The molecule has 0 saturated carbocycles. The molecule has 8 heteroatoms. The van der Waals surface area contributed by atoms with E-state index in [1.54, 1.807) is 60.7 Å². The van der Waals surface area contributed by atoms with Gasteiger partial charge in [-0.05, 0) is 72.7 Å². The number of amides is 3. The number of para-hydroxylation sites is 1. The van der Waals surface area contributed by atoms with E-state index in [-0.39, 0.29) is 11.6 Å². The number of halogens is 1. The smallest absolute Gasteiger partial charge is 0.272 e. The maximum atomic E-state index is 13.4. The van der Waals surface area contributed by atoms with Gasteiger partial charge >= 0.3 is 0 Å². The van der Waals surface area contributed by atoms with Crippen LogP contribution in [-0.2, 0) is 9.59 Å². The Bertz CT molecular complexity index is 1810. The lowest BCUT2D eigenvalue weighted by molar-refractivity contribution is -0.116. The van der Waals surface area contributed by atoms with Crippen LogP contribution in [0.3, 0.4) is 0 Å². The Labute approximate surface area is 271 Å². The summed E-state index contributed by atoms with van der Waals surface area (Å²) in [5.41, 5.74) is 4.31. The standard InChI is InChI=1S/C37H30ClN3O3S/c1-25-16-18-26(19-17-25)24-33(41-35(42)28-12-6-3-7-13-28)36(43)39-29-20-22-30(23-21-29)45-34(27-10-4-2-5-11-27)37(44)40-32-15-9-8-14-31(32)38/h2-24,34H,1H3,(H,39,43)(H,40,44)(H,41,42)/b33-24-. The molecule has 0 aliphatic rings. The summed E-state index contributed by atoms with van der Waals surface area (Å²) in [4.78, 5) is 40.6. The molecule has 0 spiro atoms. The topological polar surface area (TPSA) is 87.3 Å². The maximum Gasteiger partial charge on any atom is 0.272 e. The van der Waals surface area contributed by atoms with Crippen molar-refractivity contribution >= 4 is 58.5 Å². The Morgan fingerprint density at radius 3 is 2.00 bits per heavy atom. The number of rotatable bonds is 10. The number of nitrogens with one attached hydrogen (secondary N) is 3. The molecule has 0 fully saturated rings. The van der Waals surface area contributed by atoms with Crippen molar-refractivity contribution in [1.29, 1.82) is 0 Å². The molecule has 1 atom stereocenters. The Kier molecular flexibility index (Phi) is 10.5. The minimum absolute atomic E-state index is 0.103. The van der Waals surface area contributed by atoms with Crippen LogP contribution in [0.2, 0.25) is 5.02 Å². The zero-order valence-corrected chi connectivity index (χ0v) is 25.9. The zero-order chi connectivity index (χ0) is 31.6. The summed E-state index contributed by atoms with van der Waals surface area (Å²) in [5.74, 6) is -1.07. The first-order valence-electron chi connectivity index (χ1n) is 14.2. The van der Waals surface area contributed by atoms with Crippen molar-refractivity contribution in [1.82, 2.24) is 5.32 Å². The lowest BCUT2D eigenvalue weighted by atomic mass is 10.1. The first-order valence-corrected chi connectivity index (χ1v) is 15.4. The predicted octanol–water partition coefficient (Wildman–Crippen LogP) is 8.53. The third-order valence-corrected chi connectivity index (χ3v) is 8.35. The Hall–Kier alpha value is -5.11. The number of benzene rings is 5. The summed E-state index contributed by atoms with van der Waals surface area (Å²) >= 11 is 7.67. The summed E-state index contributed by atoms with van der Waals surface area (Å²) < 4.78 is 0. The van der Waals surface area contributed by atoms with Gasteiger partial charge < -0.3 is 16.0 Å². The highest BCUT2D eigenvalue weighted by atomic mass is 35.5. The second kappa shape index (κ2) is 15.1. The van der Waals surface area contributed by atoms with E-state index in [4.69, 9.17) is 11.6 Å². The zero-order valence-electron chi connectivity index (χ0n) is 24.4. The van der Waals surface area contributed by atoms with Crippen LogP contribution in [0.5, 0.6) is 0 Å². The van der Waals surface area contributed by atoms with Crippen molar-refractivity contribution in [2.24, 2.45) is 0 Å². The predicted molar refractivity (Wildman–Crippen MR) is 183 cm³/mol. The van der Waals surface area contributed by atoms with E-state index in [2.05, 4.69) is 16.0 Å². The minimum Gasteiger partial charge on any atom is -0.323 e. The molecule has 5 aromatic carbocycles. The molecule has 1 unspecified atom stereocenters. The van der Waals surface area contributed by atoms with E-state index in [1.807, 2.05) is 85.8 Å². The minimum atomic E-state index is -0.555. The number of anilines is 2. The van der Waals surface area contributed by atoms with Crippen LogP contribution in [0.25, 0.3) is 6.08 Å². The molecule has 5 aromatic rings. The van der Waals surface area contributed by atoms with Crippen LogP contribution in [0, 0.1) is 6.92 Å². The fourth-order valence-corrected chi connectivity index (χ4v) is 5.59. The van der Waals surface area contributed by atoms with Crippen LogP contribution in [0.15, 0.2) is 144 Å². The van der Waals surface area contributed by atoms with Gasteiger partial charge in [-0.25, -0.2) is 0 Å². The SMILES string of the molecule is Cc1ccc(/C=C(\NC(=O)c2ccccc2)C(=O)Nc2ccc(SC(C(=O)Nc3ccccc3Cl)c3ccccc3)cc2)cc1. The summed E-state index contributed by atoms with van der Waals surface area (Å²) in [5, 5.41) is 8.48. The summed E-state index contributed by atoms with van der Waals surface area (Å²) in [6, 6.07) is 40.2. The van der Waals surface area contributed by atoms with E-state index >= 15 is 0 Å². The monoisotopic (exact) mass is 631 g/mol. The average molecular weight is 632 g/mol. The third kappa shape index (κ3) is 8.72. The number of carbonyl (C=O) groups is 3. The van der Waals surface area contributed by atoms with Crippen LogP contribution >= 0.6 is 23.4 Å². The molecular formula is C37H30ClN3O3S. The van der Waals surface area contributed by atoms with E-state index in [9.17, 15) is 14.4 Å². The summed E-state index contributed by atoms with van der Waals surface area (Å²) in [6.45, 7) is 1.98. The summed E-state index contributed by atoms with van der Waals surface area (Å²) in [7, 11) is 0. The average Bonchev–Trinajstić information content (AvgIpc) is 3.06. The van der Waals surface area contributed by atoms with Crippen molar-refractivity contribution in [2.75, 3.05) is 10.6 Å². The fourth-order valence-electron chi connectivity index (χ4n) is 4.38. The van der Waals surface area contributed by atoms with Crippen LogP contribution in [0.1, 0.15) is 32.3 Å². The first kappa shape index (κ1) is 31.3. The van der Waals surface area contributed by atoms with Gasteiger partial charge in [-0.15, -0.1) is 11.8 Å². The van der Waals surface area contributed by atoms with Gasteiger partial charge in [0.2, 0.25) is 5.91 Å². The van der Waals surface area contributed by atoms with Gasteiger partial charge in [-0.1, -0.05) is 102 Å². The van der Waals surface area contributed by atoms with E-state index in [1.165, 1.54) is 11.8 Å². The van der Waals surface area contributed by atoms with Crippen molar-refractivity contribution in [2.45, 2.75) is 17.1 Å². The largest absolute Gasteiger partial charge is 0.323 e. The molecule has 0 heterocycles. The molecule has 3 N–H and O–H groups in total. The lowest BCUT2D eigenvalue weighted by Crippen LogP contribution is -2.30. The van der Waals surface area contributed by atoms with E-state index in [0.717, 1.165) is 21.6 Å². The third-order valence-electron chi connectivity index (χ3n) is 6.76. The van der Waals surface area contributed by atoms with Crippen molar-refractivity contribution in [3.8, 4) is 0 Å². The highest BCUT2D eigenvalue weighted by Crippen LogP contribution is 2.37. The van der Waals surface area contributed by atoms with Gasteiger partial charge in [0.1, 0.15) is 10.9 Å². The van der Waals surface area contributed by atoms with Gasteiger partial charge in [0.25, 0.3) is 11.8 Å². The highest BCUT2D eigenvalue weighted by Gasteiger charge is 2.23. The Balaban J connectivity index is 1.32. The fraction of sp³-hybridized carbons (Fsp3) is 0.0541. The van der Waals surface area contributed by atoms with Crippen molar-refractivity contribution in [3.05, 3.63) is 166 Å². The molecule has 0 saturated heterocycles. The van der Waals surface area contributed by atoms with Crippen LogP contribution in [0.4, 0.5) is 11.4 Å². The molecule has 6 nitrogen and oxygen atoms in total. The number of carbonyl (C=O) groups excluding carboxylic acids is 3. The van der Waals surface area contributed by atoms with Crippen molar-refractivity contribution in [3.63, 3.8) is 0 Å². The second-order valence-electron chi connectivity index (χ2n) is 10.1. The number of hydrogen-bond donors (Lipinski definition) is 3. The van der Waals surface area contributed by atoms with Crippen LogP contribution in [-0.4, -0.2) is 17.7 Å². The molecule has 3 amide bonds. The molecule has 45 heavy (non-hydrogen) atoms. The molecule has 0 aliphatic carbocycles. The molecule has 0 aromatic heterocycles. The molecular weight excluding hydrogens is 602 g/mol. The molecule has 224 valence electrons. The van der Waals surface area contributed by atoms with Crippen LogP contribution < -0.4 is 16.0 Å². The van der Waals surface area contributed by atoms with Gasteiger partial charge in [0, 0.05) is 16.1 Å². The second-order valence-corrected chi connectivity index (χ2v) is 11.7. The van der Waals surface area contributed by atoms with Gasteiger partial charge in [-0.2, -0.15) is 0 Å². The van der Waals surface area contributed by atoms with E-state index < -0.39 is 17.1 Å². The molecule has 0 bridgehead atoms. The van der Waals surface area contributed by atoms with Gasteiger partial charge in [0.05, 0.1) is 10.7 Å². The first-order chi connectivity index (χ1) is 21.9. The number of hydrogen-bond acceptors (Lipinski definition) is 4. The van der Waals surface area contributed by atoms with Gasteiger partial charge in [0.15, 0.2) is 0 Å². The maximum absolute atomic E-state index is 13.4. The normalized spacial score (nSPS) is 11.7. The lowest BCUT2D eigenvalue weighted by Gasteiger charge is -2.18.